The Morgan fingerprint density at radius 1 is 1.10 bits per heavy atom. The summed E-state index contributed by atoms with van der Waals surface area (Å²) < 4.78 is 13.5. The molecule has 3 nitrogen and oxygen atoms in total. The maximum atomic E-state index is 13.5. The third-order valence-electron chi connectivity index (χ3n) is 3.10. The van der Waals surface area contributed by atoms with Crippen LogP contribution in [0.3, 0.4) is 0 Å². The highest BCUT2D eigenvalue weighted by Gasteiger charge is 2.03. The molecular formula is C16H13FN2O. The highest BCUT2D eigenvalue weighted by molar-refractivity contribution is 5.84. The molecule has 0 saturated heterocycles. The molecule has 0 radical (unpaired) electrons. The molecule has 100 valence electrons. The number of aromatic nitrogens is 1. The van der Waals surface area contributed by atoms with E-state index in [-0.39, 0.29) is 11.6 Å². The van der Waals surface area contributed by atoms with Crippen molar-refractivity contribution in [2.75, 3.05) is 5.32 Å². The number of phenols is 1. The Morgan fingerprint density at radius 3 is 2.80 bits per heavy atom. The van der Waals surface area contributed by atoms with Crippen molar-refractivity contribution in [1.29, 1.82) is 0 Å². The van der Waals surface area contributed by atoms with Gasteiger partial charge in [-0.25, -0.2) is 4.39 Å². The molecule has 1 heterocycles. The molecule has 2 N–H and O–H groups in total. The molecule has 3 rings (SSSR count). The number of phenolic OH excluding ortho intramolecular Hbond substituents is 1. The highest BCUT2D eigenvalue weighted by atomic mass is 19.1. The zero-order valence-corrected chi connectivity index (χ0v) is 10.7. The summed E-state index contributed by atoms with van der Waals surface area (Å²) in [5, 5.41) is 13.6. The predicted molar refractivity (Wildman–Crippen MR) is 77.1 cm³/mol. The van der Waals surface area contributed by atoms with Crippen molar-refractivity contribution < 1.29 is 9.50 Å². The summed E-state index contributed by atoms with van der Waals surface area (Å²) >= 11 is 0. The molecule has 0 atom stereocenters. The van der Waals surface area contributed by atoms with E-state index in [4.69, 9.17) is 0 Å². The van der Waals surface area contributed by atoms with Crippen LogP contribution < -0.4 is 5.32 Å². The van der Waals surface area contributed by atoms with Gasteiger partial charge in [-0.1, -0.05) is 24.3 Å². The number of hydrogen-bond donors (Lipinski definition) is 2. The molecule has 3 aromatic rings. The van der Waals surface area contributed by atoms with Crippen LogP contribution in [0.15, 0.2) is 54.7 Å². The van der Waals surface area contributed by atoms with E-state index in [1.54, 1.807) is 36.5 Å². The van der Waals surface area contributed by atoms with E-state index < -0.39 is 0 Å². The molecule has 0 unspecified atom stereocenters. The van der Waals surface area contributed by atoms with Crippen LogP contribution in [0.2, 0.25) is 0 Å². The van der Waals surface area contributed by atoms with Crippen LogP contribution in [0.1, 0.15) is 5.56 Å². The average molecular weight is 268 g/mol. The Hall–Kier alpha value is -2.62. The van der Waals surface area contributed by atoms with Gasteiger partial charge in [-0.2, -0.15) is 0 Å². The molecule has 2 aromatic carbocycles. The van der Waals surface area contributed by atoms with Crippen LogP contribution in [-0.2, 0) is 6.54 Å². The van der Waals surface area contributed by atoms with E-state index in [1.807, 2.05) is 12.1 Å². The molecule has 1 aromatic heterocycles. The second-order valence-corrected chi connectivity index (χ2v) is 4.53. The number of para-hydroxylation sites is 2. The van der Waals surface area contributed by atoms with Crippen molar-refractivity contribution in [1.82, 2.24) is 4.98 Å². The van der Waals surface area contributed by atoms with Crippen LogP contribution in [0.25, 0.3) is 10.9 Å². The largest absolute Gasteiger partial charge is 0.506 e. The Balaban J connectivity index is 1.83. The standard InChI is InChI=1S/C16H13FN2O/c17-13-5-1-2-6-14(13)18-9-11-8-12-4-3-7-15(20)16(12)19-10-11/h1-8,10,18,20H,9H2. The number of pyridine rings is 1. The normalized spacial score (nSPS) is 10.7. The zero-order valence-electron chi connectivity index (χ0n) is 10.7. The first-order valence-corrected chi connectivity index (χ1v) is 6.29. The van der Waals surface area contributed by atoms with Gasteiger partial charge in [-0.3, -0.25) is 4.98 Å². The maximum Gasteiger partial charge on any atom is 0.146 e. The molecule has 0 fully saturated rings. The van der Waals surface area contributed by atoms with E-state index in [1.165, 1.54) is 6.07 Å². The minimum Gasteiger partial charge on any atom is -0.506 e. The summed E-state index contributed by atoms with van der Waals surface area (Å²) in [6.07, 6.45) is 1.68. The molecule has 0 aliphatic carbocycles. The van der Waals surface area contributed by atoms with E-state index in [2.05, 4.69) is 10.3 Å². The van der Waals surface area contributed by atoms with Gasteiger partial charge in [0.25, 0.3) is 0 Å². The molecule has 0 saturated carbocycles. The number of fused-ring (bicyclic) bond motifs is 1. The first-order chi connectivity index (χ1) is 9.74. The lowest BCUT2D eigenvalue weighted by Gasteiger charge is -2.08. The fourth-order valence-corrected chi connectivity index (χ4v) is 2.09. The van der Waals surface area contributed by atoms with Gasteiger partial charge in [0.2, 0.25) is 0 Å². The minimum atomic E-state index is -0.279. The number of anilines is 1. The average Bonchev–Trinajstić information content (AvgIpc) is 2.46. The van der Waals surface area contributed by atoms with Gasteiger partial charge in [0.15, 0.2) is 0 Å². The summed E-state index contributed by atoms with van der Waals surface area (Å²) in [5.74, 6) is -0.116. The number of rotatable bonds is 3. The molecular weight excluding hydrogens is 255 g/mol. The van der Waals surface area contributed by atoms with Crippen molar-refractivity contribution >= 4 is 16.6 Å². The van der Waals surface area contributed by atoms with Crippen LogP contribution >= 0.6 is 0 Å². The number of hydrogen-bond acceptors (Lipinski definition) is 3. The lowest BCUT2D eigenvalue weighted by molar-refractivity contribution is 0.480. The fourth-order valence-electron chi connectivity index (χ4n) is 2.09. The quantitative estimate of drug-likeness (QED) is 0.761. The van der Waals surface area contributed by atoms with Crippen LogP contribution in [0, 0.1) is 5.82 Å². The van der Waals surface area contributed by atoms with Crippen LogP contribution in [-0.4, -0.2) is 10.1 Å². The maximum absolute atomic E-state index is 13.5. The third kappa shape index (κ3) is 2.40. The van der Waals surface area contributed by atoms with E-state index in [9.17, 15) is 9.50 Å². The number of benzene rings is 2. The second-order valence-electron chi connectivity index (χ2n) is 4.53. The summed E-state index contributed by atoms with van der Waals surface area (Å²) in [7, 11) is 0. The van der Waals surface area contributed by atoms with Gasteiger partial charge in [0.1, 0.15) is 17.1 Å². The topological polar surface area (TPSA) is 45.1 Å². The van der Waals surface area contributed by atoms with Gasteiger partial charge in [0.05, 0.1) is 5.69 Å². The van der Waals surface area contributed by atoms with Gasteiger partial charge in [-0.15, -0.1) is 0 Å². The number of nitrogens with zero attached hydrogens (tertiary/aromatic N) is 1. The molecule has 0 aliphatic heterocycles. The SMILES string of the molecule is Oc1cccc2cc(CNc3ccccc3F)cnc12. The monoisotopic (exact) mass is 268 g/mol. The predicted octanol–water partition coefficient (Wildman–Crippen LogP) is 3.69. The fraction of sp³-hybridized carbons (Fsp3) is 0.0625. The Kier molecular flexibility index (Phi) is 3.21. The first-order valence-electron chi connectivity index (χ1n) is 6.29. The van der Waals surface area contributed by atoms with Gasteiger partial charge in [0, 0.05) is 18.1 Å². The van der Waals surface area contributed by atoms with Crippen molar-refractivity contribution in [2.45, 2.75) is 6.54 Å². The van der Waals surface area contributed by atoms with Crippen molar-refractivity contribution in [3.8, 4) is 5.75 Å². The molecule has 0 amide bonds. The lowest BCUT2D eigenvalue weighted by Crippen LogP contribution is -2.01. The Bertz CT molecular complexity index is 758. The Labute approximate surface area is 115 Å². The zero-order chi connectivity index (χ0) is 13.9. The van der Waals surface area contributed by atoms with Crippen LogP contribution in [0.5, 0.6) is 5.75 Å². The highest BCUT2D eigenvalue weighted by Crippen LogP contribution is 2.23. The summed E-state index contributed by atoms with van der Waals surface area (Å²) in [6, 6.07) is 13.7. The molecule has 4 heteroatoms. The number of halogens is 1. The molecule has 20 heavy (non-hydrogen) atoms. The van der Waals surface area contributed by atoms with Gasteiger partial charge >= 0.3 is 0 Å². The lowest BCUT2D eigenvalue weighted by atomic mass is 10.1. The van der Waals surface area contributed by atoms with E-state index in [0.29, 0.717) is 17.7 Å². The van der Waals surface area contributed by atoms with Gasteiger partial charge < -0.3 is 10.4 Å². The van der Waals surface area contributed by atoms with Gasteiger partial charge in [-0.05, 0) is 29.8 Å². The van der Waals surface area contributed by atoms with Crippen LogP contribution in [0.4, 0.5) is 10.1 Å². The minimum absolute atomic E-state index is 0.163. The molecule has 0 aliphatic rings. The second kappa shape index (κ2) is 5.17. The van der Waals surface area contributed by atoms with Crippen molar-refractivity contribution in [3.05, 3.63) is 66.1 Å². The summed E-state index contributed by atoms with van der Waals surface area (Å²) in [4.78, 5) is 4.23. The number of nitrogens with one attached hydrogen (secondary N) is 1. The van der Waals surface area contributed by atoms with E-state index in [0.717, 1.165) is 10.9 Å². The summed E-state index contributed by atoms with van der Waals surface area (Å²) in [6.45, 7) is 0.472. The van der Waals surface area contributed by atoms with Crippen molar-refractivity contribution in [3.63, 3.8) is 0 Å². The first kappa shape index (κ1) is 12.4. The smallest absolute Gasteiger partial charge is 0.146 e. The van der Waals surface area contributed by atoms with Crippen molar-refractivity contribution in [2.24, 2.45) is 0 Å². The molecule has 0 spiro atoms. The number of aromatic hydroxyl groups is 1. The Morgan fingerprint density at radius 2 is 1.95 bits per heavy atom. The van der Waals surface area contributed by atoms with E-state index >= 15 is 0 Å². The summed E-state index contributed by atoms with van der Waals surface area (Å²) in [5.41, 5.74) is 1.96. The molecule has 0 bridgehead atoms. The third-order valence-corrected chi connectivity index (χ3v) is 3.10.